The highest BCUT2D eigenvalue weighted by Crippen LogP contribution is 2.08. The van der Waals surface area contributed by atoms with Crippen LogP contribution in [-0.4, -0.2) is 10.7 Å². The van der Waals surface area contributed by atoms with E-state index in [0.717, 1.165) is 30.7 Å². The minimum atomic E-state index is 0.833. The van der Waals surface area contributed by atoms with Crippen molar-refractivity contribution >= 4 is 5.71 Å². The number of hydrogen-bond acceptors (Lipinski definition) is 1. The maximum Gasteiger partial charge on any atom is 0.0858 e. The summed E-state index contributed by atoms with van der Waals surface area (Å²) >= 11 is 0. The van der Waals surface area contributed by atoms with Gasteiger partial charge in [0.25, 0.3) is 0 Å². The molecule has 0 aliphatic heterocycles. The topological polar surface area (TPSA) is 28.1 Å². The highest BCUT2D eigenvalue weighted by molar-refractivity contribution is 6.07. The molecule has 0 unspecified atom stereocenters. The molecule has 0 radical (unpaired) electrons. The van der Waals surface area contributed by atoms with E-state index < -0.39 is 0 Å². The summed E-state index contributed by atoms with van der Waals surface area (Å²) in [4.78, 5) is 7.59. The largest absolute Gasteiger partial charge is 0.360 e. The van der Waals surface area contributed by atoms with Crippen molar-refractivity contribution in [1.29, 1.82) is 0 Å². The molecule has 0 bridgehead atoms. The van der Waals surface area contributed by atoms with Gasteiger partial charge < -0.3 is 4.98 Å². The summed E-state index contributed by atoms with van der Waals surface area (Å²) in [5.41, 5.74) is 3.20. The summed E-state index contributed by atoms with van der Waals surface area (Å²) in [6.45, 7) is 9.61. The first-order chi connectivity index (χ1) is 8.31. The monoisotopic (exact) mass is 228 g/mol. The molecule has 1 rings (SSSR count). The van der Waals surface area contributed by atoms with Crippen LogP contribution in [0.15, 0.2) is 54.8 Å². The van der Waals surface area contributed by atoms with Gasteiger partial charge in [0.05, 0.1) is 11.4 Å². The van der Waals surface area contributed by atoms with Crippen molar-refractivity contribution < 1.29 is 0 Å². The van der Waals surface area contributed by atoms with Crippen LogP contribution < -0.4 is 0 Å². The lowest BCUT2D eigenvalue weighted by atomic mass is 10.2. The van der Waals surface area contributed by atoms with E-state index in [9.17, 15) is 0 Å². The quantitative estimate of drug-likeness (QED) is 0.539. The summed E-state index contributed by atoms with van der Waals surface area (Å²) < 4.78 is 0. The van der Waals surface area contributed by atoms with Gasteiger partial charge in [0.1, 0.15) is 0 Å². The molecule has 2 nitrogen and oxygen atoms in total. The average molecular weight is 228 g/mol. The minimum absolute atomic E-state index is 0.833. The molecule has 1 heterocycles. The molecule has 0 aliphatic carbocycles. The van der Waals surface area contributed by atoms with E-state index in [-0.39, 0.29) is 0 Å². The third-order valence-corrected chi connectivity index (χ3v) is 2.37. The van der Waals surface area contributed by atoms with Crippen LogP contribution in [0.1, 0.15) is 31.0 Å². The molecule has 0 aliphatic rings. The van der Waals surface area contributed by atoms with Gasteiger partial charge in [-0.1, -0.05) is 32.1 Å². The van der Waals surface area contributed by atoms with Crippen LogP contribution in [0.3, 0.4) is 0 Å². The van der Waals surface area contributed by atoms with Gasteiger partial charge in [-0.25, -0.2) is 0 Å². The van der Waals surface area contributed by atoms with Gasteiger partial charge in [-0.05, 0) is 30.5 Å². The summed E-state index contributed by atoms with van der Waals surface area (Å²) in [6.07, 6.45) is 12.5. The Morgan fingerprint density at radius 2 is 2.29 bits per heavy atom. The molecule has 0 fully saturated rings. The third kappa shape index (κ3) is 4.27. The van der Waals surface area contributed by atoms with Crippen LogP contribution in [0, 0.1) is 0 Å². The summed E-state index contributed by atoms with van der Waals surface area (Å²) in [7, 11) is 0. The van der Waals surface area contributed by atoms with Crippen molar-refractivity contribution in [2.45, 2.75) is 26.2 Å². The predicted octanol–water partition coefficient (Wildman–Crippen LogP) is 4.03. The second-order valence-electron chi connectivity index (χ2n) is 3.80. The zero-order valence-electron chi connectivity index (χ0n) is 10.4. The first-order valence-corrected chi connectivity index (χ1v) is 5.95. The van der Waals surface area contributed by atoms with Crippen molar-refractivity contribution in [3.05, 3.63) is 61.1 Å². The Morgan fingerprint density at radius 1 is 1.47 bits per heavy atom. The normalized spacial score (nSPS) is 11.9. The van der Waals surface area contributed by atoms with E-state index in [2.05, 4.69) is 36.1 Å². The molecule has 90 valence electrons. The van der Waals surface area contributed by atoms with Gasteiger partial charge in [0.15, 0.2) is 0 Å². The number of H-pyrrole nitrogens is 1. The van der Waals surface area contributed by atoms with Crippen molar-refractivity contribution in [3.63, 3.8) is 0 Å². The molecular weight excluding hydrogens is 208 g/mol. The van der Waals surface area contributed by atoms with E-state index in [1.54, 1.807) is 12.3 Å². The highest BCUT2D eigenvalue weighted by Gasteiger charge is 2.02. The van der Waals surface area contributed by atoms with Crippen molar-refractivity contribution in [2.24, 2.45) is 4.99 Å². The fraction of sp³-hybridized carbons (Fsp3) is 0.267. The van der Waals surface area contributed by atoms with Crippen LogP contribution in [0.2, 0.25) is 0 Å². The van der Waals surface area contributed by atoms with Crippen LogP contribution in [0.25, 0.3) is 0 Å². The number of aromatic nitrogens is 1. The molecule has 0 spiro atoms. The molecule has 2 heteroatoms. The summed E-state index contributed by atoms with van der Waals surface area (Å²) in [6, 6.07) is 2.13. The Hall–Kier alpha value is -1.83. The average Bonchev–Trinajstić information content (AvgIpc) is 2.78. The zero-order chi connectivity index (χ0) is 12.5. The zero-order valence-corrected chi connectivity index (χ0v) is 10.4. The summed E-state index contributed by atoms with van der Waals surface area (Å²) in [5.74, 6) is 0. The molecule has 0 aromatic carbocycles. The van der Waals surface area contributed by atoms with Gasteiger partial charge in [-0.15, -0.1) is 6.58 Å². The molecule has 0 saturated carbocycles. The van der Waals surface area contributed by atoms with Gasteiger partial charge in [-0.2, -0.15) is 0 Å². The van der Waals surface area contributed by atoms with Crippen molar-refractivity contribution in [3.8, 4) is 0 Å². The minimum Gasteiger partial charge on any atom is -0.360 e. The molecule has 1 aromatic rings. The molecule has 1 N–H and O–H groups in total. The lowest BCUT2D eigenvalue weighted by Crippen LogP contribution is -1.95. The van der Waals surface area contributed by atoms with Crippen molar-refractivity contribution in [1.82, 2.24) is 4.98 Å². The van der Waals surface area contributed by atoms with Crippen LogP contribution in [0.4, 0.5) is 0 Å². The molecular formula is C15H20N2. The third-order valence-electron chi connectivity index (χ3n) is 2.37. The lowest BCUT2D eigenvalue weighted by molar-refractivity contribution is 0.923. The Morgan fingerprint density at radius 3 is 2.94 bits per heavy atom. The van der Waals surface area contributed by atoms with Gasteiger partial charge in [0.2, 0.25) is 0 Å². The van der Waals surface area contributed by atoms with Crippen molar-refractivity contribution in [2.75, 3.05) is 0 Å². The van der Waals surface area contributed by atoms with E-state index >= 15 is 0 Å². The first-order valence-electron chi connectivity index (χ1n) is 5.95. The molecule has 1 aromatic heterocycles. The molecule has 17 heavy (non-hydrogen) atoms. The molecule has 0 saturated heterocycles. The maximum absolute atomic E-state index is 4.36. The second kappa shape index (κ2) is 7.44. The Balaban J connectivity index is 2.77. The number of aryl methyl sites for hydroxylation is 1. The van der Waals surface area contributed by atoms with Crippen LogP contribution in [-0.2, 0) is 6.42 Å². The van der Waals surface area contributed by atoms with Gasteiger partial charge in [-0.3, -0.25) is 4.99 Å². The standard InChI is InChI=1S/C15H20N2/c1-4-7-8-10-16-14(6-3)15-11-13(9-5-2)12-17-15/h4,6,8,10-12,17H,1,3,5,7,9H2,2H3/b10-8-,16-14?. The van der Waals surface area contributed by atoms with E-state index in [1.165, 1.54) is 5.56 Å². The number of aliphatic imine (C=N–C) groups is 1. The number of nitrogens with one attached hydrogen (secondary N) is 1. The summed E-state index contributed by atoms with van der Waals surface area (Å²) in [5, 5.41) is 0. The Bertz CT molecular complexity index is 422. The number of aromatic amines is 1. The Labute approximate surface area is 103 Å². The van der Waals surface area contributed by atoms with E-state index in [1.807, 2.05) is 18.3 Å². The number of rotatable bonds is 7. The van der Waals surface area contributed by atoms with Crippen LogP contribution in [0.5, 0.6) is 0 Å². The van der Waals surface area contributed by atoms with Crippen LogP contribution >= 0.6 is 0 Å². The van der Waals surface area contributed by atoms with E-state index in [0.29, 0.717) is 0 Å². The number of nitrogens with zero attached hydrogens (tertiary/aromatic N) is 1. The van der Waals surface area contributed by atoms with Gasteiger partial charge >= 0.3 is 0 Å². The highest BCUT2D eigenvalue weighted by atomic mass is 14.8. The maximum atomic E-state index is 4.36. The smallest absolute Gasteiger partial charge is 0.0858 e. The number of allylic oxidation sites excluding steroid dienone is 3. The number of hydrogen-bond donors (Lipinski definition) is 1. The SMILES string of the molecule is C=CC/C=C\N=C(C=C)c1cc(CCC)c[nH]1. The predicted molar refractivity (Wildman–Crippen MR) is 75.5 cm³/mol. The molecule has 0 atom stereocenters. The second-order valence-corrected chi connectivity index (χ2v) is 3.80. The first kappa shape index (κ1) is 13.2. The fourth-order valence-electron chi connectivity index (χ4n) is 1.54. The molecule has 0 amide bonds. The van der Waals surface area contributed by atoms with Gasteiger partial charge in [0, 0.05) is 12.4 Å². The van der Waals surface area contributed by atoms with E-state index in [4.69, 9.17) is 0 Å². The lowest BCUT2D eigenvalue weighted by Gasteiger charge is -1.94. The fourth-order valence-corrected chi connectivity index (χ4v) is 1.54. The Kier molecular flexibility index (Phi) is 5.80.